The van der Waals surface area contributed by atoms with E-state index in [0.717, 1.165) is 43.8 Å². The molecular formula is C16H30N2O3Si. The Kier molecular flexibility index (Phi) is 5.35. The number of hydrogen-bond acceptors (Lipinski definition) is 5. The number of aromatic nitrogens is 1. The average Bonchev–Trinajstić information content (AvgIpc) is 2.86. The smallest absolute Gasteiger partial charge is 0.297 e. The molecule has 0 saturated carbocycles. The first-order valence-corrected chi connectivity index (χ1v) is 10.8. The third-order valence-electron chi connectivity index (χ3n) is 4.95. The summed E-state index contributed by atoms with van der Waals surface area (Å²) in [5, 5.41) is 0.215. The highest BCUT2D eigenvalue weighted by Crippen LogP contribution is 2.40. The van der Waals surface area contributed by atoms with Crippen molar-refractivity contribution in [1.82, 2.24) is 4.98 Å². The third kappa shape index (κ3) is 3.72. The maximum atomic E-state index is 6.38. The molecule has 0 bridgehead atoms. The Balaban J connectivity index is 2.05. The normalized spacial score (nSPS) is 19.3. The summed E-state index contributed by atoms with van der Waals surface area (Å²) in [7, 11) is -1.78. The van der Waals surface area contributed by atoms with E-state index in [-0.39, 0.29) is 5.04 Å². The van der Waals surface area contributed by atoms with E-state index < -0.39 is 8.32 Å². The second kappa shape index (κ2) is 6.72. The molecule has 1 aliphatic rings. The Morgan fingerprint density at radius 1 is 1.27 bits per heavy atom. The summed E-state index contributed by atoms with van der Waals surface area (Å²) in [4.78, 5) is 6.79. The van der Waals surface area contributed by atoms with Crippen molar-refractivity contribution in [3.63, 3.8) is 0 Å². The predicted molar refractivity (Wildman–Crippen MR) is 90.9 cm³/mol. The van der Waals surface area contributed by atoms with Gasteiger partial charge in [0.2, 0.25) is 0 Å². The van der Waals surface area contributed by atoms with E-state index in [1.807, 2.05) is 6.92 Å². The van der Waals surface area contributed by atoms with Crippen molar-refractivity contribution in [3.8, 4) is 0 Å². The van der Waals surface area contributed by atoms with Crippen molar-refractivity contribution >= 4 is 14.3 Å². The van der Waals surface area contributed by atoms with Crippen LogP contribution < -0.4 is 4.90 Å². The first kappa shape index (κ1) is 17.5. The van der Waals surface area contributed by atoms with Crippen LogP contribution in [-0.2, 0) is 15.8 Å². The van der Waals surface area contributed by atoms with Gasteiger partial charge in [0.05, 0.1) is 19.8 Å². The van der Waals surface area contributed by atoms with Gasteiger partial charge >= 0.3 is 0 Å². The fourth-order valence-corrected chi connectivity index (χ4v) is 4.67. The molecular weight excluding hydrogens is 296 g/mol. The highest BCUT2D eigenvalue weighted by molar-refractivity contribution is 6.75. The van der Waals surface area contributed by atoms with Crippen LogP contribution in [0.25, 0.3) is 0 Å². The first-order chi connectivity index (χ1) is 10.3. The number of morpholine rings is 1. The van der Waals surface area contributed by atoms with E-state index >= 15 is 0 Å². The molecule has 0 aromatic carbocycles. The van der Waals surface area contributed by atoms with E-state index in [2.05, 4.69) is 44.1 Å². The van der Waals surface area contributed by atoms with Gasteiger partial charge in [-0.15, -0.1) is 0 Å². The highest BCUT2D eigenvalue weighted by atomic mass is 28.4. The van der Waals surface area contributed by atoms with E-state index in [4.69, 9.17) is 13.6 Å². The van der Waals surface area contributed by atoms with E-state index in [1.54, 1.807) is 0 Å². The van der Waals surface area contributed by atoms with Gasteiger partial charge in [-0.2, -0.15) is 4.98 Å². The number of ether oxygens (including phenoxy) is 1. The Morgan fingerprint density at radius 2 is 1.91 bits per heavy atom. The molecule has 0 spiro atoms. The third-order valence-corrected chi connectivity index (χ3v) is 10.3. The van der Waals surface area contributed by atoms with Crippen molar-refractivity contribution in [2.45, 2.75) is 58.9 Å². The molecule has 2 rings (SSSR count). The van der Waals surface area contributed by atoms with Crippen LogP contribution in [0.5, 0.6) is 0 Å². The fourth-order valence-electron chi connectivity index (χ4n) is 2.51. The molecule has 1 atom stereocenters. The van der Waals surface area contributed by atoms with Crippen LogP contribution in [0.4, 0.5) is 6.01 Å². The van der Waals surface area contributed by atoms with Crippen molar-refractivity contribution in [1.29, 1.82) is 0 Å². The number of aryl methyl sites for hydroxylation is 1. The average molecular weight is 327 g/mol. The molecule has 5 nitrogen and oxygen atoms in total. The van der Waals surface area contributed by atoms with Crippen LogP contribution in [0, 0.1) is 6.92 Å². The Labute approximate surface area is 135 Å². The Bertz CT molecular complexity index is 492. The summed E-state index contributed by atoms with van der Waals surface area (Å²) in [6, 6.07) is 1.80. The van der Waals surface area contributed by atoms with Gasteiger partial charge in [-0.05, 0) is 24.6 Å². The van der Waals surface area contributed by atoms with Gasteiger partial charge in [0.15, 0.2) is 8.32 Å². The second-order valence-corrected chi connectivity index (χ2v) is 12.2. The van der Waals surface area contributed by atoms with Gasteiger partial charge in [-0.3, -0.25) is 0 Å². The van der Waals surface area contributed by atoms with Crippen molar-refractivity contribution in [2.24, 2.45) is 0 Å². The molecule has 1 saturated heterocycles. The predicted octanol–water partition coefficient (Wildman–Crippen LogP) is 3.73. The summed E-state index contributed by atoms with van der Waals surface area (Å²) in [5.74, 6) is 0.864. The lowest BCUT2D eigenvalue weighted by Gasteiger charge is -2.38. The molecule has 0 aliphatic carbocycles. The largest absolute Gasteiger partial charge is 0.429 e. The molecule has 2 heterocycles. The Morgan fingerprint density at radius 3 is 2.45 bits per heavy atom. The minimum Gasteiger partial charge on any atom is -0.429 e. The minimum atomic E-state index is -1.78. The lowest BCUT2D eigenvalue weighted by Crippen LogP contribution is -2.43. The minimum absolute atomic E-state index is 0.215. The Hall–Kier alpha value is -0.853. The lowest BCUT2D eigenvalue weighted by atomic mass is 10.2. The standard InChI is InChI=1S/C16H30N2O3Si/c1-7-22(6,16(3,4)5)20-12-14-13(2)21-15(17-14)18-8-10-19-11-9-18/h7-12H2,1-6H3. The molecule has 126 valence electrons. The number of hydrogen-bond donors (Lipinski definition) is 0. The highest BCUT2D eigenvalue weighted by Gasteiger charge is 2.40. The van der Waals surface area contributed by atoms with Crippen molar-refractivity contribution in [2.75, 3.05) is 31.2 Å². The molecule has 6 heteroatoms. The van der Waals surface area contributed by atoms with Crippen LogP contribution in [0.3, 0.4) is 0 Å². The van der Waals surface area contributed by atoms with E-state index in [9.17, 15) is 0 Å². The van der Waals surface area contributed by atoms with Crippen LogP contribution in [0.2, 0.25) is 17.6 Å². The van der Waals surface area contributed by atoms with Gasteiger partial charge in [0.1, 0.15) is 11.5 Å². The summed E-state index contributed by atoms with van der Waals surface area (Å²) in [6.45, 7) is 17.0. The molecule has 1 aromatic rings. The van der Waals surface area contributed by atoms with Crippen LogP contribution in [0.1, 0.15) is 39.1 Å². The summed E-state index contributed by atoms with van der Waals surface area (Å²) >= 11 is 0. The van der Waals surface area contributed by atoms with E-state index in [1.165, 1.54) is 0 Å². The summed E-state index contributed by atoms with van der Waals surface area (Å²) in [5.41, 5.74) is 0.929. The molecule has 1 fully saturated rings. The molecule has 1 aliphatic heterocycles. The van der Waals surface area contributed by atoms with Gasteiger partial charge in [0.25, 0.3) is 6.01 Å². The fraction of sp³-hybridized carbons (Fsp3) is 0.812. The maximum Gasteiger partial charge on any atom is 0.297 e. The summed E-state index contributed by atoms with van der Waals surface area (Å²) in [6.07, 6.45) is 0. The van der Waals surface area contributed by atoms with Crippen molar-refractivity contribution < 1.29 is 13.6 Å². The molecule has 22 heavy (non-hydrogen) atoms. The van der Waals surface area contributed by atoms with Crippen LogP contribution in [0.15, 0.2) is 4.42 Å². The molecule has 1 unspecified atom stereocenters. The molecule has 0 N–H and O–H groups in total. The zero-order valence-electron chi connectivity index (χ0n) is 14.9. The summed E-state index contributed by atoms with van der Waals surface area (Å²) < 4.78 is 17.6. The van der Waals surface area contributed by atoms with Gasteiger partial charge in [0, 0.05) is 13.1 Å². The van der Waals surface area contributed by atoms with Crippen molar-refractivity contribution in [3.05, 3.63) is 11.5 Å². The molecule has 1 aromatic heterocycles. The zero-order valence-corrected chi connectivity index (χ0v) is 15.9. The number of nitrogens with zero attached hydrogens (tertiary/aromatic N) is 2. The van der Waals surface area contributed by atoms with Gasteiger partial charge in [-0.1, -0.05) is 27.7 Å². The molecule has 0 amide bonds. The number of rotatable bonds is 5. The number of oxazole rings is 1. The zero-order chi connectivity index (χ0) is 16.4. The number of anilines is 1. The SMILES string of the molecule is CC[Si](C)(OCc1nc(N2CCOCC2)oc1C)C(C)(C)C. The van der Waals surface area contributed by atoms with Gasteiger partial charge in [-0.25, -0.2) is 0 Å². The van der Waals surface area contributed by atoms with E-state index in [0.29, 0.717) is 12.6 Å². The second-order valence-electron chi connectivity index (χ2n) is 7.22. The maximum absolute atomic E-state index is 6.38. The lowest BCUT2D eigenvalue weighted by molar-refractivity contribution is 0.120. The topological polar surface area (TPSA) is 47.7 Å². The first-order valence-electron chi connectivity index (χ1n) is 8.20. The van der Waals surface area contributed by atoms with Gasteiger partial charge < -0.3 is 18.5 Å². The monoisotopic (exact) mass is 326 g/mol. The quantitative estimate of drug-likeness (QED) is 0.772. The van der Waals surface area contributed by atoms with Crippen LogP contribution in [-0.4, -0.2) is 39.6 Å². The van der Waals surface area contributed by atoms with Crippen LogP contribution >= 0.6 is 0 Å². The molecule has 0 radical (unpaired) electrons.